The zero-order chi connectivity index (χ0) is 13.7. The molecule has 2 heterocycles. The van der Waals surface area contributed by atoms with Gasteiger partial charge in [0, 0.05) is 27.2 Å². The van der Waals surface area contributed by atoms with Gasteiger partial charge in [0.15, 0.2) is 5.96 Å². The van der Waals surface area contributed by atoms with Crippen LogP contribution < -0.4 is 10.6 Å². The van der Waals surface area contributed by atoms with Crippen LogP contribution in [0.3, 0.4) is 0 Å². The molecule has 5 nitrogen and oxygen atoms in total. The molecule has 2 N–H and O–H groups in total. The summed E-state index contributed by atoms with van der Waals surface area (Å²) in [5.74, 6) is 1.60. The molecule has 0 aromatic carbocycles. The molecule has 0 atom stereocenters. The first-order valence-corrected chi connectivity index (χ1v) is 6.85. The van der Waals surface area contributed by atoms with Crippen LogP contribution in [-0.4, -0.2) is 43.0 Å². The summed E-state index contributed by atoms with van der Waals surface area (Å²) in [5.41, 5.74) is 6.98. The van der Waals surface area contributed by atoms with Crippen LogP contribution in [0, 0.1) is 0 Å². The molecular weight excluding hydrogens is 238 g/mol. The summed E-state index contributed by atoms with van der Waals surface area (Å²) in [6.45, 7) is 2.60. The minimum Gasteiger partial charge on any atom is -0.370 e. The fourth-order valence-corrected chi connectivity index (χ4v) is 2.19. The Morgan fingerprint density at radius 1 is 1.32 bits per heavy atom. The second-order valence-corrected chi connectivity index (χ2v) is 5.10. The van der Waals surface area contributed by atoms with E-state index in [4.69, 9.17) is 5.73 Å². The van der Waals surface area contributed by atoms with Crippen LogP contribution in [0.4, 0.5) is 5.82 Å². The summed E-state index contributed by atoms with van der Waals surface area (Å²) >= 11 is 0. The Morgan fingerprint density at radius 2 is 2.05 bits per heavy atom. The number of rotatable bonds is 3. The maximum absolute atomic E-state index is 6.03. The normalized spacial score (nSPS) is 16.5. The average molecular weight is 261 g/mol. The van der Waals surface area contributed by atoms with E-state index >= 15 is 0 Å². The fourth-order valence-electron chi connectivity index (χ4n) is 2.19. The van der Waals surface area contributed by atoms with Gasteiger partial charge in [0.25, 0.3) is 0 Å². The Kier molecular flexibility index (Phi) is 4.60. The summed E-state index contributed by atoms with van der Waals surface area (Å²) in [5, 5.41) is 0. The van der Waals surface area contributed by atoms with Crippen LogP contribution in [0.2, 0.25) is 0 Å². The number of aliphatic imine (C=N–C) groups is 1. The molecular formula is C14H23N5. The Labute approximate surface area is 115 Å². The largest absolute Gasteiger partial charge is 0.370 e. The zero-order valence-corrected chi connectivity index (χ0v) is 11.8. The molecule has 0 radical (unpaired) electrons. The molecule has 19 heavy (non-hydrogen) atoms. The number of nitrogens with two attached hydrogens (primary N) is 1. The Balaban J connectivity index is 1.98. The molecule has 0 saturated carbocycles. The van der Waals surface area contributed by atoms with Crippen molar-refractivity contribution in [3.8, 4) is 0 Å². The molecule has 1 aromatic heterocycles. The lowest BCUT2D eigenvalue weighted by atomic mass is 10.1. The predicted octanol–water partition coefficient (Wildman–Crippen LogP) is 1.45. The molecule has 0 spiro atoms. The van der Waals surface area contributed by atoms with E-state index in [9.17, 15) is 0 Å². The quantitative estimate of drug-likeness (QED) is 0.661. The third kappa shape index (κ3) is 3.84. The van der Waals surface area contributed by atoms with Crippen LogP contribution in [0.5, 0.6) is 0 Å². The van der Waals surface area contributed by atoms with Crippen LogP contribution in [0.25, 0.3) is 0 Å². The van der Waals surface area contributed by atoms with Crippen molar-refractivity contribution in [2.45, 2.75) is 25.8 Å². The van der Waals surface area contributed by atoms with Crippen molar-refractivity contribution in [2.75, 3.05) is 32.1 Å². The molecule has 0 aliphatic carbocycles. The van der Waals surface area contributed by atoms with Crippen molar-refractivity contribution in [2.24, 2.45) is 10.7 Å². The summed E-state index contributed by atoms with van der Waals surface area (Å²) in [4.78, 5) is 13.1. The first kappa shape index (κ1) is 13.6. The first-order valence-electron chi connectivity index (χ1n) is 6.85. The monoisotopic (exact) mass is 261 g/mol. The third-order valence-electron chi connectivity index (χ3n) is 3.33. The molecule has 5 heteroatoms. The van der Waals surface area contributed by atoms with Crippen LogP contribution in [0.1, 0.15) is 25.0 Å². The molecule has 1 aliphatic rings. The predicted molar refractivity (Wildman–Crippen MR) is 79.3 cm³/mol. The highest BCUT2D eigenvalue weighted by Crippen LogP contribution is 2.10. The number of piperidine rings is 1. The van der Waals surface area contributed by atoms with E-state index in [1.807, 2.05) is 37.2 Å². The highest BCUT2D eigenvalue weighted by atomic mass is 15.3. The highest BCUT2D eigenvalue weighted by molar-refractivity contribution is 5.78. The lowest BCUT2D eigenvalue weighted by Crippen LogP contribution is -2.40. The van der Waals surface area contributed by atoms with Crippen LogP contribution >= 0.6 is 0 Å². The van der Waals surface area contributed by atoms with Crippen molar-refractivity contribution >= 4 is 11.8 Å². The second kappa shape index (κ2) is 6.41. The van der Waals surface area contributed by atoms with E-state index < -0.39 is 0 Å². The SMILES string of the molecule is CN(C)c1cccc(CN=C(N)N2CCCCC2)n1. The zero-order valence-electron chi connectivity index (χ0n) is 11.8. The molecule has 0 unspecified atom stereocenters. The average Bonchev–Trinajstić information content (AvgIpc) is 2.46. The van der Waals surface area contributed by atoms with Crippen LogP contribution in [-0.2, 0) is 6.54 Å². The Bertz CT molecular complexity index is 435. The van der Waals surface area contributed by atoms with Crippen molar-refractivity contribution in [3.63, 3.8) is 0 Å². The number of guanidine groups is 1. The fraction of sp³-hybridized carbons (Fsp3) is 0.571. The van der Waals surface area contributed by atoms with Crippen LogP contribution in [0.15, 0.2) is 23.2 Å². The maximum atomic E-state index is 6.03. The number of nitrogens with zero attached hydrogens (tertiary/aromatic N) is 4. The van der Waals surface area contributed by atoms with Gasteiger partial charge in [-0.25, -0.2) is 9.98 Å². The van der Waals surface area contributed by atoms with Gasteiger partial charge in [0.2, 0.25) is 0 Å². The van der Waals surface area contributed by atoms with E-state index in [0.29, 0.717) is 12.5 Å². The minimum absolute atomic E-state index is 0.546. The molecule has 1 aromatic rings. The van der Waals surface area contributed by atoms with Gasteiger partial charge in [-0.2, -0.15) is 0 Å². The number of anilines is 1. The van der Waals surface area contributed by atoms with Gasteiger partial charge < -0.3 is 15.5 Å². The van der Waals surface area contributed by atoms with Crippen molar-refractivity contribution in [1.29, 1.82) is 0 Å². The minimum atomic E-state index is 0.546. The standard InChI is InChI=1S/C14H23N5/c1-18(2)13-8-6-7-12(17-13)11-16-14(15)19-9-4-3-5-10-19/h6-8H,3-5,9-11H2,1-2H3,(H2,15,16). The summed E-state index contributed by atoms with van der Waals surface area (Å²) < 4.78 is 0. The number of likely N-dealkylation sites (tertiary alicyclic amines) is 1. The molecule has 1 fully saturated rings. The van der Waals surface area contributed by atoms with E-state index in [1.165, 1.54) is 19.3 Å². The summed E-state index contributed by atoms with van der Waals surface area (Å²) in [7, 11) is 3.97. The molecule has 1 saturated heterocycles. The van der Waals surface area contributed by atoms with Gasteiger partial charge >= 0.3 is 0 Å². The number of pyridine rings is 1. The van der Waals surface area contributed by atoms with Gasteiger partial charge in [0.1, 0.15) is 5.82 Å². The lowest BCUT2D eigenvalue weighted by molar-refractivity contribution is 0.338. The number of hydrogen-bond donors (Lipinski definition) is 1. The molecule has 0 amide bonds. The summed E-state index contributed by atoms with van der Waals surface area (Å²) in [6.07, 6.45) is 3.73. The first-order chi connectivity index (χ1) is 9.16. The molecule has 104 valence electrons. The van der Waals surface area contributed by atoms with E-state index in [0.717, 1.165) is 24.6 Å². The topological polar surface area (TPSA) is 57.8 Å². The highest BCUT2D eigenvalue weighted by Gasteiger charge is 2.11. The summed E-state index contributed by atoms with van der Waals surface area (Å²) in [6, 6.07) is 5.98. The number of aromatic nitrogens is 1. The molecule has 1 aliphatic heterocycles. The van der Waals surface area contributed by atoms with Crippen molar-refractivity contribution in [3.05, 3.63) is 23.9 Å². The smallest absolute Gasteiger partial charge is 0.191 e. The van der Waals surface area contributed by atoms with Gasteiger partial charge in [-0.15, -0.1) is 0 Å². The molecule has 2 rings (SSSR count). The maximum Gasteiger partial charge on any atom is 0.191 e. The van der Waals surface area contributed by atoms with Gasteiger partial charge in [0.05, 0.1) is 12.2 Å². The van der Waals surface area contributed by atoms with E-state index in [-0.39, 0.29) is 0 Å². The third-order valence-corrected chi connectivity index (χ3v) is 3.33. The van der Waals surface area contributed by atoms with E-state index in [1.54, 1.807) is 0 Å². The van der Waals surface area contributed by atoms with Crippen molar-refractivity contribution in [1.82, 2.24) is 9.88 Å². The van der Waals surface area contributed by atoms with Crippen molar-refractivity contribution < 1.29 is 0 Å². The Hall–Kier alpha value is -1.78. The van der Waals surface area contributed by atoms with Gasteiger partial charge in [-0.3, -0.25) is 0 Å². The molecule has 0 bridgehead atoms. The Morgan fingerprint density at radius 3 is 2.74 bits per heavy atom. The lowest BCUT2D eigenvalue weighted by Gasteiger charge is -2.27. The number of hydrogen-bond acceptors (Lipinski definition) is 3. The van der Waals surface area contributed by atoms with E-state index in [2.05, 4.69) is 14.9 Å². The van der Waals surface area contributed by atoms with Gasteiger partial charge in [-0.05, 0) is 31.4 Å². The van der Waals surface area contributed by atoms with Gasteiger partial charge in [-0.1, -0.05) is 6.07 Å². The second-order valence-electron chi connectivity index (χ2n) is 5.10.